The molecule has 0 aliphatic carbocycles. The molecule has 0 bridgehead atoms. The van der Waals surface area contributed by atoms with Crippen LogP contribution >= 0.6 is 0 Å². The quantitative estimate of drug-likeness (QED) is 0.197. The van der Waals surface area contributed by atoms with E-state index in [1.54, 1.807) is 0 Å². The summed E-state index contributed by atoms with van der Waals surface area (Å²) >= 11 is 0. The predicted octanol–water partition coefficient (Wildman–Crippen LogP) is 2.54. The van der Waals surface area contributed by atoms with Crippen LogP contribution in [0.15, 0.2) is 109 Å². The molecule has 6 rings (SSSR count). The Morgan fingerprint density at radius 1 is 0.485 bits per heavy atom. The van der Waals surface area contributed by atoms with Crippen molar-refractivity contribution >= 4 is 51.9 Å². The zero-order valence-electron chi connectivity index (χ0n) is 18.9. The summed E-state index contributed by atoms with van der Waals surface area (Å²) in [6.45, 7) is 8.06. The van der Waals surface area contributed by atoms with Crippen molar-refractivity contribution in [1.82, 2.24) is 0 Å². The van der Waals surface area contributed by atoms with E-state index < -0.39 is 0 Å². The summed E-state index contributed by atoms with van der Waals surface area (Å²) in [7, 11) is -0.130. The van der Waals surface area contributed by atoms with E-state index in [2.05, 4.69) is 129 Å². The molecule has 6 aromatic carbocycles. The van der Waals surface area contributed by atoms with Crippen LogP contribution < -0.4 is 24.8 Å². The third-order valence-corrected chi connectivity index (χ3v) is 5.05. The summed E-state index contributed by atoms with van der Waals surface area (Å²) in [6.07, 6.45) is 0. The minimum atomic E-state index is -0.130. The summed E-state index contributed by atoms with van der Waals surface area (Å²) in [5, 5.41) is 10.8. The van der Waals surface area contributed by atoms with E-state index in [9.17, 15) is 0 Å². The van der Waals surface area contributed by atoms with E-state index in [0.29, 0.717) is 0 Å². The molecular formula is C29H26Cl2SiZr-3. The van der Waals surface area contributed by atoms with Gasteiger partial charge in [-0.2, -0.15) is 0 Å². The fourth-order valence-corrected chi connectivity index (χ4v) is 3.81. The van der Waals surface area contributed by atoms with Crippen LogP contribution in [0, 0.1) is 6.55 Å². The fourth-order valence-electron chi connectivity index (χ4n) is 3.81. The maximum absolute atomic E-state index is 3.74. The van der Waals surface area contributed by atoms with Crippen molar-refractivity contribution < 1.29 is 51.0 Å². The van der Waals surface area contributed by atoms with Gasteiger partial charge in [-0.3, -0.25) is 0 Å². The van der Waals surface area contributed by atoms with Crippen molar-refractivity contribution in [3.05, 3.63) is 116 Å². The van der Waals surface area contributed by atoms with Crippen molar-refractivity contribution in [3.8, 4) is 0 Å². The maximum atomic E-state index is 3.74. The van der Waals surface area contributed by atoms with E-state index in [1.807, 2.05) is 0 Å². The summed E-state index contributed by atoms with van der Waals surface area (Å²) in [5.41, 5.74) is 0. The number of benzene rings is 4. The zero-order chi connectivity index (χ0) is 20.9. The molecule has 0 saturated heterocycles. The van der Waals surface area contributed by atoms with Gasteiger partial charge in [0, 0.05) is 0 Å². The van der Waals surface area contributed by atoms with Crippen molar-refractivity contribution in [1.29, 1.82) is 0 Å². The molecule has 0 heterocycles. The predicted molar refractivity (Wildman–Crippen MR) is 137 cm³/mol. The topological polar surface area (TPSA) is 0 Å². The number of rotatable bonds is 0. The summed E-state index contributed by atoms with van der Waals surface area (Å²) in [6, 6.07) is 38.5. The Bertz CT molecular complexity index is 1190. The first-order valence-electron chi connectivity index (χ1n) is 10.3. The molecule has 0 atom stereocenters. The number of hydrogen-bond donors (Lipinski definition) is 0. The van der Waals surface area contributed by atoms with Crippen LogP contribution in [0.5, 0.6) is 0 Å². The first-order chi connectivity index (χ1) is 14.6. The second kappa shape index (κ2) is 13.9. The zero-order valence-corrected chi connectivity index (χ0v) is 23.8. The van der Waals surface area contributed by atoms with Gasteiger partial charge in [0.15, 0.2) is 0 Å². The second-order valence-corrected chi connectivity index (χ2v) is 10.3. The standard InChI is InChI=1S/2C13H9.C3H8Si.2ClH.Zr/c2*1-3-7-12-10(5-1)9-11-6-2-4-8-13(11)12;1-4(2)3;;;/h2*1-9H;1H2,2-3H3;2*1H;/q3*-1;;;+2/p-2. The van der Waals surface area contributed by atoms with E-state index in [1.165, 1.54) is 43.1 Å². The van der Waals surface area contributed by atoms with Gasteiger partial charge in [0.05, 0.1) is 0 Å². The molecule has 33 heavy (non-hydrogen) atoms. The van der Waals surface area contributed by atoms with Gasteiger partial charge in [-0.25, -0.2) is 0 Å². The molecule has 167 valence electrons. The summed E-state index contributed by atoms with van der Waals surface area (Å²) < 4.78 is 0. The van der Waals surface area contributed by atoms with Crippen LogP contribution in [0.2, 0.25) is 13.1 Å². The average molecular weight is 565 g/mol. The molecule has 0 nitrogen and oxygen atoms in total. The average Bonchev–Trinajstić information content (AvgIpc) is 3.32. The molecule has 0 aromatic heterocycles. The third kappa shape index (κ3) is 7.14. The number of halogens is 2. The number of fused-ring (bicyclic) bond motifs is 6. The number of hydrogen-bond acceptors (Lipinski definition) is 0. The van der Waals surface area contributed by atoms with Crippen LogP contribution in [-0.4, -0.2) is 8.80 Å². The molecule has 6 aromatic rings. The van der Waals surface area contributed by atoms with Gasteiger partial charge in [0.25, 0.3) is 0 Å². The molecule has 0 aliphatic heterocycles. The fraction of sp³-hybridized carbons (Fsp3) is 0.0690. The molecule has 0 aliphatic rings. The van der Waals surface area contributed by atoms with Crippen molar-refractivity contribution in [2.45, 2.75) is 13.1 Å². The molecule has 0 saturated carbocycles. The molecule has 0 spiro atoms. The van der Waals surface area contributed by atoms with E-state index in [4.69, 9.17) is 0 Å². The minimum Gasteiger partial charge on any atom is -1.00 e. The monoisotopic (exact) mass is 562 g/mol. The van der Waals surface area contributed by atoms with Crippen LogP contribution in [0.3, 0.4) is 0 Å². The maximum Gasteiger partial charge on any atom is 2.00 e. The van der Waals surface area contributed by atoms with Gasteiger partial charge in [-0.05, 0) is 0 Å². The van der Waals surface area contributed by atoms with Gasteiger partial charge in [-0.1, -0.05) is 85.9 Å². The largest absolute Gasteiger partial charge is 2.00 e. The van der Waals surface area contributed by atoms with Crippen LogP contribution in [0.4, 0.5) is 0 Å². The van der Waals surface area contributed by atoms with Crippen molar-refractivity contribution in [3.63, 3.8) is 0 Å². The first kappa shape index (κ1) is 29.3. The molecule has 4 heteroatoms. The normalized spacial score (nSPS) is 9.82. The van der Waals surface area contributed by atoms with Gasteiger partial charge in [0.1, 0.15) is 0 Å². The molecule has 0 amide bonds. The Balaban J connectivity index is 0.000000265. The molecule has 1 radical (unpaired) electrons. The van der Waals surface area contributed by atoms with Gasteiger partial charge in [0.2, 0.25) is 0 Å². The molecular weight excluding hydrogens is 539 g/mol. The Labute approximate surface area is 230 Å². The Morgan fingerprint density at radius 3 is 0.879 bits per heavy atom. The Kier molecular flexibility index (Phi) is 12.3. The van der Waals surface area contributed by atoms with Gasteiger partial charge < -0.3 is 31.4 Å². The smallest absolute Gasteiger partial charge is 1.00 e. The molecule has 0 fully saturated rings. The summed E-state index contributed by atoms with van der Waals surface area (Å²) in [5.74, 6) is 0. The van der Waals surface area contributed by atoms with E-state index in [0.717, 1.165) is 0 Å². The molecule has 0 N–H and O–H groups in total. The summed E-state index contributed by atoms with van der Waals surface area (Å²) in [4.78, 5) is 0. The SMILES string of the molecule is [CH2-][Si](C)C.[Cl-].[Cl-].[Zr+2].c1ccc2c(c1)[cH-]c1ccccc12.c1ccc2c(c1)[cH-]c1ccccc12. The van der Waals surface area contributed by atoms with Crippen molar-refractivity contribution in [2.24, 2.45) is 0 Å². The van der Waals surface area contributed by atoms with E-state index in [-0.39, 0.29) is 59.8 Å². The van der Waals surface area contributed by atoms with Crippen LogP contribution in [0.1, 0.15) is 0 Å². The Morgan fingerprint density at radius 2 is 0.667 bits per heavy atom. The van der Waals surface area contributed by atoms with E-state index >= 15 is 0 Å². The van der Waals surface area contributed by atoms with Gasteiger partial charge >= 0.3 is 26.2 Å². The Hall–Kier alpha value is -1.70. The van der Waals surface area contributed by atoms with Crippen LogP contribution in [0.25, 0.3) is 43.1 Å². The second-order valence-electron chi connectivity index (χ2n) is 7.84. The molecule has 0 unspecified atom stereocenters. The minimum absolute atomic E-state index is 0. The van der Waals surface area contributed by atoms with Crippen molar-refractivity contribution in [2.75, 3.05) is 0 Å². The first-order valence-corrected chi connectivity index (χ1v) is 13.0. The van der Waals surface area contributed by atoms with Crippen LogP contribution in [-0.2, 0) is 26.2 Å². The van der Waals surface area contributed by atoms with Gasteiger partial charge in [-0.15, -0.1) is 88.3 Å². The third-order valence-electron chi connectivity index (χ3n) is 5.05.